The van der Waals surface area contributed by atoms with Crippen LogP contribution in [0.1, 0.15) is 11.4 Å². The highest BCUT2D eigenvalue weighted by Gasteiger charge is 2.26. The van der Waals surface area contributed by atoms with Crippen molar-refractivity contribution in [3.8, 4) is 0 Å². The normalized spacial score (nSPS) is 13.0. The van der Waals surface area contributed by atoms with Crippen LogP contribution in [0.5, 0.6) is 0 Å². The molecule has 1 aromatic heterocycles. The molecule has 0 saturated heterocycles. The molecule has 4 aromatic rings. The Morgan fingerprint density at radius 1 is 0.871 bits per heavy atom. The highest BCUT2D eigenvalue weighted by Crippen LogP contribution is 2.47. The molecule has 1 aliphatic heterocycles. The van der Waals surface area contributed by atoms with Crippen molar-refractivity contribution >= 4 is 33.2 Å². The predicted octanol–water partition coefficient (Wildman–Crippen LogP) is 4.06. The molecule has 1 aliphatic rings. The van der Waals surface area contributed by atoms with Crippen molar-refractivity contribution in [2.75, 3.05) is 11.4 Å². The fourth-order valence-corrected chi connectivity index (χ4v) is 5.88. The summed E-state index contributed by atoms with van der Waals surface area (Å²) in [7, 11) is -3.86. The largest absolute Gasteiger partial charge is 0.339 e. The van der Waals surface area contributed by atoms with Crippen molar-refractivity contribution < 1.29 is 8.42 Å². The number of fused-ring (bicyclic) bond motifs is 2. The number of aryl methyl sites for hydroxylation is 1. The zero-order valence-electron chi connectivity index (χ0n) is 16.7. The van der Waals surface area contributed by atoms with Crippen LogP contribution < -0.4 is 4.90 Å². The van der Waals surface area contributed by atoms with Gasteiger partial charge in [-0.05, 0) is 53.7 Å². The zero-order chi connectivity index (χ0) is 21.4. The number of aromatic nitrogens is 4. The summed E-state index contributed by atoms with van der Waals surface area (Å²) in [6, 6.07) is 23.1. The predicted molar refractivity (Wildman–Crippen MR) is 119 cm³/mol. The molecule has 0 aliphatic carbocycles. The average molecular weight is 450 g/mol. The van der Waals surface area contributed by atoms with Crippen LogP contribution in [-0.4, -0.2) is 34.6 Å². The molecule has 0 amide bonds. The quantitative estimate of drug-likeness (QED) is 0.454. The van der Waals surface area contributed by atoms with Gasteiger partial charge in [-0.1, -0.05) is 53.7 Å². The summed E-state index contributed by atoms with van der Waals surface area (Å²) in [5, 5.41) is 11.4. The third-order valence-corrected chi connectivity index (χ3v) is 7.88. The van der Waals surface area contributed by atoms with Crippen LogP contribution in [0, 0.1) is 6.92 Å². The van der Waals surface area contributed by atoms with Crippen LogP contribution in [0.25, 0.3) is 0 Å². The second-order valence-corrected chi connectivity index (χ2v) is 10.0. The molecule has 0 radical (unpaired) electrons. The molecular formula is C22H19N5O2S2. The molecule has 156 valence electrons. The Morgan fingerprint density at radius 3 is 2.13 bits per heavy atom. The van der Waals surface area contributed by atoms with Crippen LogP contribution in [0.15, 0.2) is 87.5 Å². The third-order valence-electron chi connectivity index (χ3n) is 5.14. The Balaban J connectivity index is 1.46. The third kappa shape index (κ3) is 3.60. The maximum Gasteiger partial charge on any atom is 0.286 e. The van der Waals surface area contributed by atoms with Crippen molar-refractivity contribution in [2.45, 2.75) is 28.0 Å². The Kier molecular flexibility index (Phi) is 4.99. The fourth-order valence-electron chi connectivity index (χ4n) is 3.57. The molecule has 7 nitrogen and oxygen atoms in total. The van der Waals surface area contributed by atoms with E-state index in [0.717, 1.165) is 30.8 Å². The first-order valence-corrected chi connectivity index (χ1v) is 12.0. The van der Waals surface area contributed by atoms with E-state index in [1.807, 2.05) is 31.2 Å². The molecule has 3 aromatic carbocycles. The van der Waals surface area contributed by atoms with Gasteiger partial charge in [0.15, 0.2) is 5.82 Å². The second-order valence-electron chi connectivity index (χ2n) is 7.20. The van der Waals surface area contributed by atoms with Crippen LogP contribution >= 0.6 is 11.8 Å². The Bertz CT molecular complexity index is 1300. The Morgan fingerprint density at radius 2 is 1.48 bits per heavy atom. The van der Waals surface area contributed by atoms with Crippen LogP contribution in [-0.2, 0) is 16.4 Å². The second kappa shape index (κ2) is 7.82. The molecule has 0 fully saturated rings. The van der Waals surface area contributed by atoms with Crippen LogP contribution in [0.4, 0.5) is 11.4 Å². The van der Waals surface area contributed by atoms with Gasteiger partial charge in [-0.25, -0.2) is 0 Å². The zero-order valence-corrected chi connectivity index (χ0v) is 18.3. The number of hydrogen-bond donors (Lipinski definition) is 0. The van der Waals surface area contributed by atoms with Crippen molar-refractivity contribution in [3.63, 3.8) is 0 Å². The Hall–Kier alpha value is -3.17. The standard InChI is InChI=1S/C22H19N5O2S2/c1-16-10-12-17(13-11-16)31(28,29)27-22(23-24-25-27)14-15-26-18-6-2-4-8-20(18)30-21-9-5-3-7-19(21)26/h2-13H,14-15H2,1H3. The smallest absolute Gasteiger partial charge is 0.286 e. The van der Waals surface area contributed by atoms with E-state index in [2.05, 4.69) is 44.7 Å². The lowest BCUT2D eigenvalue weighted by Crippen LogP contribution is -2.26. The van der Waals surface area contributed by atoms with Gasteiger partial charge in [0.05, 0.1) is 16.3 Å². The summed E-state index contributed by atoms with van der Waals surface area (Å²) in [5.41, 5.74) is 3.16. The number of anilines is 2. The van der Waals surface area contributed by atoms with Crippen molar-refractivity contribution in [2.24, 2.45) is 0 Å². The molecule has 0 atom stereocenters. The topological polar surface area (TPSA) is 81.0 Å². The van der Waals surface area contributed by atoms with Gasteiger partial charge >= 0.3 is 0 Å². The minimum Gasteiger partial charge on any atom is -0.339 e. The SMILES string of the molecule is Cc1ccc(S(=O)(=O)n2nnnc2CCN2c3ccccc3Sc3ccccc32)cc1. The first-order valence-electron chi connectivity index (χ1n) is 9.77. The maximum absolute atomic E-state index is 13.1. The molecule has 0 spiro atoms. The lowest BCUT2D eigenvalue weighted by atomic mass is 10.2. The summed E-state index contributed by atoms with van der Waals surface area (Å²) in [4.78, 5) is 4.68. The van der Waals surface area contributed by atoms with E-state index in [1.165, 1.54) is 0 Å². The van der Waals surface area contributed by atoms with E-state index in [1.54, 1.807) is 36.0 Å². The lowest BCUT2D eigenvalue weighted by molar-refractivity contribution is 0.573. The lowest BCUT2D eigenvalue weighted by Gasteiger charge is -2.32. The van der Waals surface area contributed by atoms with Gasteiger partial charge in [-0.15, -0.1) is 9.19 Å². The van der Waals surface area contributed by atoms with E-state index >= 15 is 0 Å². The van der Waals surface area contributed by atoms with Crippen molar-refractivity contribution in [3.05, 3.63) is 84.2 Å². The first kappa shape index (κ1) is 19.8. The van der Waals surface area contributed by atoms with Gasteiger partial charge in [0, 0.05) is 22.8 Å². The van der Waals surface area contributed by atoms with E-state index < -0.39 is 10.0 Å². The molecule has 2 heterocycles. The molecular weight excluding hydrogens is 430 g/mol. The first-order chi connectivity index (χ1) is 15.0. The monoisotopic (exact) mass is 449 g/mol. The number of benzene rings is 3. The summed E-state index contributed by atoms with van der Waals surface area (Å²) in [6.45, 7) is 2.45. The van der Waals surface area contributed by atoms with Crippen molar-refractivity contribution in [1.82, 2.24) is 19.6 Å². The van der Waals surface area contributed by atoms with Gasteiger partial charge in [-0.3, -0.25) is 0 Å². The van der Waals surface area contributed by atoms with E-state index in [9.17, 15) is 8.42 Å². The van der Waals surface area contributed by atoms with Gasteiger partial charge in [0.1, 0.15) is 0 Å². The van der Waals surface area contributed by atoms with Gasteiger partial charge in [0.25, 0.3) is 10.0 Å². The molecule has 9 heteroatoms. The van der Waals surface area contributed by atoms with E-state index in [-0.39, 0.29) is 4.90 Å². The highest BCUT2D eigenvalue weighted by atomic mass is 32.2. The minimum absolute atomic E-state index is 0.164. The summed E-state index contributed by atoms with van der Waals surface area (Å²) < 4.78 is 27.1. The van der Waals surface area contributed by atoms with Crippen LogP contribution in [0.3, 0.4) is 0 Å². The minimum atomic E-state index is -3.86. The molecule has 0 saturated carbocycles. The Labute approximate surface area is 184 Å². The molecule has 0 unspecified atom stereocenters. The number of rotatable bonds is 5. The fraction of sp³-hybridized carbons (Fsp3) is 0.136. The molecule has 0 N–H and O–H groups in total. The number of tetrazole rings is 1. The van der Waals surface area contributed by atoms with Gasteiger partial charge in [-0.2, -0.15) is 8.42 Å². The summed E-state index contributed by atoms with van der Waals surface area (Å²) >= 11 is 1.73. The summed E-state index contributed by atoms with van der Waals surface area (Å²) in [6.07, 6.45) is 0.366. The van der Waals surface area contributed by atoms with Crippen molar-refractivity contribution in [1.29, 1.82) is 0 Å². The van der Waals surface area contributed by atoms with E-state index in [0.29, 0.717) is 18.8 Å². The number of para-hydroxylation sites is 2. The maximum atomic E-state index is 13.1. The van der Waals surface area contributed by atoms with Gasteiger partial charge in [0.2, 0.25) is 0 Å². The van der Waals surface area contributed by atoms with Crippen LogP contribution in [0.2, 0.25) is 0 Å². The van der Waals surface area contributed by atoms with Gasteiger partial charge < -0.3 is 4.90 Å². The van der Waals surface area contributed by atoms with E-state index in [4.69, 9.17) is 0 Å². The summed E-state index contributed by atoms with van der Waals surface area (Å²) in [5.74, 6) is 0.300. The number of nitrogens with zero attached hydrogens (tertiary/aromatic N) is 5. The average Bonchev–Trinajstić information content (AvgIpc) is 3.26. The highest BCUT2D eigenvalue weighted by molar-refractivity contribution is 7.99. The number of hydrogen-bond acceptors (Lipinski definition) is 7. The molecule has 0 bridgehead atoms. The molecule has 31 heavy (non-hydrogen) atoms. The molecule has 5 rings (SSSR count).